The lowest BCUT2D eigenvalue weighted by atomic mass is 9.75. The van der Waals surface area contributed by atoms with Gasteiger partial charge in [0.05, 0.1) is 29.8 Å². The third-order valence-electron chi connectivity index (χ3n) is 8.92. The van der Waals surface area contributed by atoms with E-state index in [1.807, 2.05) is 52.0 Å². The van der Waals surface area contributed by atoms with Gasteiger partial charge in [-0.1, -0.05) is 88.4 Å². The molecule has 3 aromatic carbocycles. The fourth-order valence-corrected chi connectivity index (χ4v) is 6.56. The number of aliphatic imine (C=N–C) groups is 1. The Hall–Kier alpha value is -5.05. The molecule has 2 aliphatic rings. The summed E-state index contributed by atoms with van der Waals surface area (Å²) < 4.78 is 10.9. The summed E-state index contributed by atoms with van der Waals surface area (Å²) in [6.45, 7) is 8.37. The summed E-state index contributed by atoms with van der Waals surface area (Å²) in [6, 6.07) is 23.4. The number of amides is 1. The summed E-state index contributed by atoms with van der Waals surface area (Å²) in [5, 5.41) is 13.4. The van der Waals surface area contributed by atoms with Gasteiger partial charge in [-0.3, -0.25) is 24.2 Å². The first-order chi connectivity index (χ1) is 23.9. The number of carbonyl (C=O) groups is 4. The summed E-state index contributed by atoms with van der Waals surface area (Å²) in [5.41, 5.74) is 6.57. The Balaban J connectivity index is 1.02. The lowest BCUT2D eigenvalue weighted by molar-refractivity contribution is -0.146. The monoisotopic (exact) mass is 678 g/mol. The van der Waals surface area contributed by atoms with E-state index < -0.39 is 11.9 Å². The second kappa shape index (κ2) is 16.1. The Morgan fingerprint density at radius 2 is 1.48 bits per heavy atom. The number of nitrogens with one attached hydrogen (secondary N) is 1. The van der Waals surface area contributed by atoms with Crippen molar-refractivity contribution < 1.29 is 33.8 Å². The van der Waals surface area contributed by atoms with Crippen LogP contribution in [0.3, 0.4) is 0 Å². The van der Waals surface area contributed by atoms with Crippen LogP contribution in [0.5, 0.6) is 0 Å². The van der Waals surface area contributed by atoms with Crippen LogP contribution in [0.4, 0.5) is 5.69 Å². The van der Waals surface area contributed by atoms with E-state index in [-0.39, 0.29) is 73.7 Å². The van der Waals surface area contributed by atoms with Gasteiger partial charge >= 0.3 is 11.9 Å². The molecule has 0 spiro atoms. The third kappa shape index (κ3) is 9.34. The number of aliphatic hydroxyl groups is 1. The molecule has 50 heavy (non-hydrogen) atoms. The normalized spacial score (nSPS) is 15.5. The number of carbonyl (C=O) groups excluding carboxylic acids is 4. The average molecular weight is 679 g/mol. The van der Waals surface area contributed by atoms with E-state index in [1.54, 1.807) is 24.3 Å². The van der Waals surface area contributed by atoms with Gasteiger partial charge in [0.15, 0.2) is 5.78 Å². The maximum Gasteiger partial charge on any atom is 0.307 e. The molecular formula is C41H46N2O7. The van der Waals surface area contributed by atoms with Crippen molar-refractivity contribution in [1.29, 1.82) is 0 Å². The Morgan fingerprint density at radius 3 is 2.10 bits per heavy atom. The molecule has 0 unspecified atom stereocenters. The third-order valence-corrected chi connectivity index (χ3v) is 8.92. The number of nitrogens with zero attached hydrogens (tertiary/aromatic N) is 1. The van der Waals surface area contributed by atoms with Gasteiger partial charge in [0.1, 0.15) is 19.0 Å². The zero-order valence-electron chi connectivity index (χ0n) is 29.3. The van der Waals surface area contributed by atoms with Crippen molar-refractivity contribution in [2.45, 2.75) is 78.7 Å². The Labute approximate surface area is 293 Å². The molecule has 0 bridgehead atoms. The number of esters is 2. The molecular weight excluding hydrogens is 632 g/mol. The highest BCUT2D eigenvalue weighted by Gasteiger charge is 2.35. The molecule has 9 nitrogen and oxygen atoms in total. The van der Waals surface area contributed by atoms with Crippen LogP contribution in [0.2, 0.25) is 0 Å². The zero-order chi connectivity index (χ0) is 35.8. The van der Waals surface area contributed by atoms with Crippen molar-refractivity contribution in [3.8, 4) is 11.1 Å². The van der Waals surface area contributed by atoms with Crippen molar-refractivity contribution in [2.75, 3.05) is 13.2 Å². The number of hydrogen-bond donors (Lipinski definition) is 2. The van der Waals surface area contributed by atoms with E-state index in [2.05, 4.69) is 29.6 Å². The Morgan fingerprint density at radius 1 is 0.860 bits per heavy atom. The molecule has 1 amide bonds. The van der Waals surface area contributed by atoms with Gasteiger partial charge in [-0.2, -0.15) is 0 Å². The predicted octanol–water partition coefficient (Wildman–Crippen LogP) is 7.69. The standard InChI is InChI=1S/C41H46N2O7/c1-26(2)21-34(40-35(44)22-41(3,4)23-36(40)45)43-28-15-13-27(14-16-28)24-49-39(48)19-20-42-37(46)17-18-38(47)50-25-33-31-11-7-5-9-29(31)30-10-6-8-12-32(30)33/h5-16,26,33,44H,17-25H2,1-4H3,(H,42,46). The molecule has 0 aromatic heterocycles. The maximum absolute atomic E-state index is 12.9. The highest BCUT2D eigenvalue weighted by molar-refractivity contribution is 6.23. The van der Waals surface area contributed by atoms with Crippen LogP contribution in [0.25, 0.3) is 11.1 Å². The zero-order valence-corrected chi connectivity index (χ0v) is 29.3. The second-order valence-electron chi connectivity index (χ2n) is 14.3. The van der Waals surface area contributed by atoms with E-state index in [0.717, 1.165) is 27.8 Å². The fourth-order valence-electron chi connectivity index (χ4n) is 6.56. The number of ketones is 1. The lowest BCUT2D eigenvalue weighted by Gasteiger charge is -2.30. The van der Waals surface area contributed by atoms with Crippen LogP contribution < -0.4 is 5.32 Å². The van der Waals surface area contributed by atoms with Crippen molar-refractivity contribution in [1.82, 2.24) is 5.32 Å². The van der Waals surface area contributed by atoms with Gasteiger partial charge < -0.3 is 19.9 Å². The maximum atomic E-state index is 12.9. The molecule has 3 aromatic rings. The molecule has 0 saturated heterocycles. The minimum absolute atomic E-state index is 0.0128. The van der Waals surface area contributed by atoms with Gasteiger partial charge in [0.25, 0.3) is 0 Å². The topological polar surface area (TPSA) is 131 Å². The second-order valence-corrected chi connectivity index (χ2v) is 14.3. The van der Waals surface area contributed by atoms with E-state index in [0.29, 0.717) is 36.2 Å². The largest absolute Gasteiger partial charge is 0.511 e. The molecule has 5 rings (SSSR count). The summed E-state index contributed by atoms with van der Waals surface area (Å²) in [7, 11) is 0. The smallest absolute Gasteiger partial charge is 0.307 e. The summed E-state index contributed by atoms with van der Waals surface area (Å²) in [4.78, 5) is 54.8. The number of ether oxygens (including phenoxy) is 2. The summed E-state index contributed by atoms with van der Waals surface area (Å²) in [6.07, 6.45) is 1.23. The minimum atomic E-state index is -0.468. The van der Waals surface area contributed by atoms with Gasteiger partial charge in [-0.15, -0.1) is 0 Å². The van der Waals surface area contributed by atoms with Crippen molar-refractivity contribution in [2.24, 2.45) is 16.3 Å². The molecule has 9 heteroatoms. The van der Waals surface area contributed by atoms with Crippen molar-refractivity contribution in [3.05, 3.63) is 101 Å². The molecule has 262 valence electrons. The highest BCUT2D eigenvalue weighted by atomic mass is 16.5. The minimum Gasteiger partial charge on any atom is -0.511 e. The quantitative estimate of drug-likeness (QED) is 0.132. The van der Waals surface area contributed by atoms with E-state index in [4.69, 9.17) is 14.5 Å². The number of hydrogen-bond acceptors (Lipinski definition) is 8. The van der Waals surface area contributed by atoms with E-state index in [9.17, 15) is 24.3 Å². The molecule has 0 heterocycles. The van der Waals surface area contributed by atoms with Crippen molar-refractivity contribution >= 4 is 35.0 Å². The number of rotatable bonds is 14. The van der Waals surface area contributed by atoms with E-state index in [1.165, 1.54) is 0 Å². The lowest BCUT2D eigenvalue weighted by Crippen LogP contribution is -2.29. The number of fused-ring (bicyclic) bond motifs is 3. The number of benzene rings is 3. The number of Topliss-reactive ketones (excluding diaryl/α,β-unsaturated/α-hetero) is 1. The number of aliphatic hydroxyl groups excluding tert-OH is 1. The first-order valence-corrected chi connectivity index (χ1v) is 17.3. The van der Waals surface area contributed by atoms with Gasteiger partial charge in [0.2, 0.25) is 5.91 Å². The Bertz CT molecular complexity index is 1760. The fraction of sp³-hybridized carbons (Fsp3) is 0.390. The molecule has 0 radical (unpaired) electrons. The van der Waals surface area contributed by atoms with Crippen LogP contribution in [-0.2, 0) is 35.3 Å². The molecule has 0 fully saturated rings. The van der Waals surface area contributed by atoms with Crippen LogP contribution >= 0.6 is 0 Å². The summed E-state index contributed by atoms with van der Waals surface area (Å²) in [5.74, 6) is -1.06. The van der Waals surface area contributed by atoms with Gasteiger partial charge in [-0.25, -0.2) is 0 Å². The number of allylic oxidation sites excluding steroid dienone is 2. The molecule has 0 atom stereocenters. The first kappa shape index (κ1) is 36.2. The van der Waals surface area contributed by atoms with Crippen LogP contribution in [0.1, 0.15) is 88.8 Å². The highest BCUT2D eigenvalue weighted by Crippen LogP contribution is 2.44. The van der Waals surface area contributed by atoms with Crippen LogP contribution in [0.15, 0.2) is 89.1 Å². The predicted molar refractivity (Wildman–Crippen MR) is 192 cm³/mol. The van der Waals surface area contributed by atoms with Gasteiger partial charge in [0, 0.05) is 31.7 Å². The molecule has 0 saturated carbocycles. The average Bonchev–Trinajstić information content (AvgIpc) is 3.38. The van der Waals surface area contributed by atoms with Crippen LogP contribution in [-0.4, -0.2) is 47.6 Å². The summed E-state index contributed by atoms with van der Waals surface area (Å²) >= 11 is 0. The SMILES string of the molecule is CC(C)CC(=Nc1ccc(COC(=O)CCNC(=O)CCC(=O)OCC2c3ccccc3-c3ccccc32)cc1)C1=C(O)CC(C)(C)CC1=O. The Kier molecular flexibility index (Phi) is 11.7. The molecule has 2 N–H and O–H groups in total. The van der Waals surface area contributed by atoms with Gasteiger partial charge in [-0.05, 0) is 57.7 Å². The van der Waals surface area contributed by atoms with E-state index >= 15 is 0 Å². The molecule has 2 aliphatic carbocycles. The van der Waals surface area contributed by atoms with Crippen LogP contribution in [0, 0.1) is 11.3 Å². The first-order valence-electron chi connectivity index (χ1n) is 17.3. The van der Waals surface area contributed by atoms with Crippen molar-refractivity contribution in [3.63, 3.8) is 0 Å². The molecule has 0 aliphatic heterocycles.